The molecule has 0 spiro atoms. The van der Waals surface area contributed by atoms with Gasteiger partial charge in [-0.2, -0.15) is 0 Å². The lowest BCUT2D eigenvalue weighted by atomic mass is 10.0. The van der Waals surface area contributed by atoms with E-state index in [1.54, 1.807) is 6.20 Å². The highest BCUT2D eigenvalue weighted by Crippen LogP contribution is 2.28. The van der Waals surface area contributed by atoms with Crippen molar-refractivity contribution in [2.45, 2.75) is 0 Å². The van der Waals surface area contributed by atoms with Crippen molar-refractivity contribution in [1.29, 1.82) is 0 Å². The van der Waals surface area contributed by atoms with Crippen molar-refractivity contribution in [3.8, 4) is 11.1 Å². The maximum absolute atomic E-state index is 12.8. The van der Waals surface area contributed by atoms with Crippen LogP contribution in [-0.4, -0.2) is 58.9 Å². The summed E-state index contributed by atoms with van der Waals surface area (Å²) in [5.74, 6) is 0.114. The van der Waals surface area contributed by atoms with Crippen molar-refractivity contribution in [2.24, 2.45) is 0 Å². The molecule has 122 valence electrons. The SMILES string of the molecule is CN1CCN(C(=O)c2cccc(-c3c[nH]c4ncccc34)c2)CC1. The average Bonchev–Trinajstić information content (AvgIpc) is 3.06. The van der Waals surface area contributed by atoms with Gasteiger partial charge >= 0.3 is 0 Å². The molecule has 1 aromatic carbocycles. The predicted molar refractivity (Wildman–Crippen MR) is 94.9 cm³/mol. The van der Waals surface area contributed by atoms with Crippen LogP contribution >= 0.6 is 0 Å². The van der Waals surface area contributed by atoms with Gasteiger partial charge in [-0.05, 0) is 36.9 Å². The standard InChI is InChI=1S/C19H20N4O/c1-22-8-10-23(11-9-22)19(24)15-5-2-4-14(12-15)17-13-21-18-16(17)6-3-7-20-18/h2-7,12-13H,8-11H2,1H3,(H,20,21). The van der Waals surface area contributed by atoms with Crippen LogP contribution in [0.1, 0.15) is 10.4 Å². The number of carbonyl (C=O) groups is 1. The summed E-state index contributed by atoms with van der Waals surface area (Å²) in [6.07, 6.45) is 3.73. The molecule has 5 heteroatoms. The molecule has 1 aliphatic rings. The molecule has 2 aromatic heterocycles. The molecule has 3 aromatic rings. The first-order valence-electron chi connectivity index (χ1n) is 8.23. The summed E-state index contributed by atoms with van der Waals surface area (Å²) >= 11 is 0. The number of aromatic nitrogens is 2. The summed E-state index contributed by atoms with van der Waals surface area (Å²) < 4.78 is 0. The van der Waals surface area contributed by atoms with Gasteiger partial charge < -0.3 is 14.8 Å². The number of likely N-dealkylation sites (N-methyl/N-ethyl adjacent to an activating group) is 1. The third-order valence-corrected chi connectivity index (χ3v) is 4.66. The lowest BCUT2D eigenvalue weighted by Gasteiger charge is -2.32. The molecule has 3 heterocycles. The van der Waals surface area contributed by atoms with Gasteiger partial charge in [-0.3, -0.25) is 4.79 Å². The molecule has 0 saturated carbocycles. The summed E-state index contributed by atoms with van der Waals surface area (Å²) in [4.78, 5) is 24.5. The molecule has 0 aliphatic carbocycles. The molecule has 24 heavy (non-hydrogen) atoms. The Morgan fingerprint density at radius 1 is 1.12 bits per heavy atom. The second-order valence-corrected chi connectivity index (χ2v) is 6.28. The zero-order chi connectivity index (χ0) is 16.5. The molecule has 0 unspecified atom stereocenters. The smallest absolute Gasteiger partial charge is 0.253 e. The highest BCUT2D eigenvalue weighted by Gasteiger charge is 2.20. The molecular formula is C19H20N4O. The number of fused-ring (bicyclic) bond motifs is 1. The molecule has 1 aliphatic heterocycles. The Kier molecular flexibility index (Phi) is 3.78. The number of H-pyrrole nitrogens is 1. The third-order valence-electron chi connectivity index (χ3n) is 4.66. The third kappa shape index (κ3) is 2.67. The molecule has 1 fully saturated rings. The lowest BCUT2D eigenvalue weighted by Crippen LogP contribution is -2.47. The van der Waals surface area contributed by atoms with Crippen LogP contribution < -0.4 is 0 Å². The Labute approximate surface area is 140 Å². The minimum atomic E-state index is 0.114. The zero-order valence-corrected chi connectivity index (χ0v) is 13.7. The topological polar surface area (TPSA) is 52.2 Å². The molecule has 0 atom stereocenters. The fourth-order valence-electron chi connectivity index (χ4n) is 3.21. The number of hydrogen-bond acceptors (Lipinski definition) is 3. The summed E-state index contributed by atoms with van der Waals surface area (Å²) in [6, 6.07) is 11.8. The number of nitrogens with zero attached hydrogens (tertiary/aromatic N) is 3. The number of benzene rings is 1. The van der Waals surface area contributed by atoms with E-state index in [9.17, 15) is 4.79 Å². The summed E-state index contributed by atoms with van der Waals surface area (Å²) in [5.41, 5.74) is 3.72. The number of pyridine rings is 1. The first-order valence-corrected chi connectivity index (χ1v) is 8.23. The molecular weight excluding hydrogens is 300 g/mol. The second-order valence-electron chi connectivity index (χ2n) is 6.28. The highest BCUT2D eigenvalue weighted by molar-refractivity contribution is 5.98. The second kappa shape index (κ2) is 6.09. The van der Waals surface area contributed by atoms with E-state index in [4.69, 9.17) is 0 Å². The first kappa shape index (κ1) is 14.9. The van der Waals surface area contributed by atoms with Gasteiger partial charge in [-0.15, -0.1) is 0 Å². The molecule has 1 N–H and O–H groups in total. The van der Waals surface area contributed by atoms with Gasteiger partial charge in [-0.25, -0.2) is 4.98 Å². The van der Waals surface area contributed by atoms with Gasteiger partial charge in [0.1, 0.15) is 5.65 Å². The summed E-state index contributed by atoms with van der Waals surface area (Å²) in [7, 11) is 2.09. The Balaban J connectivity index is 1.65. The number of rotatable bonds is 2. The van der Waals surface area contributed by atoms with E-state index in [0.717, 1.165) is 53.9 Å². The number of carbonyl (C=O) groups excluding carboxylic acids is 1. The van der Waals surface area contributed by atoms with Crippen LogP contribution in [0.15, 0.2) is 48.8 Å². The zero-order valence-electron chi connectivity index (χ0n) is 13.7. The van der Waals surface area contributed by atoms with E-state index in [2.05, 4.69) is 21.9 Å². The Morgan fingerprint density at radius 3 is 2.79 bits per heavy atom. The van der Waals surface area contributed by atoms with E-state index in [1.165, 1.54) is 0 Å². The maximum atomic E-state index is 12.8. The van der Waals surface area contributed by atoms with Gasteiger partial charge in [0.25, 0.3) is 5.91 Å². The Bertz CT molecular complexity index is 878. The van der Waals surface area contributed by atoms with Crippen LogP contribution in [0.4, 0.5) is 0 Å². The Hall–Kier alpha value is -2.66. The monoisotopic (exact) mass is 320 g/mol. The molecule has 0 bridgehead atoms. The van der Waals surface area contributed by atoms with Crippen LogP contribution in [0.3, 0.4) is 0 Å². The van der Waals surface area contributed by atoms with Gasteiger partial charge in [0.05, 0.1) is 0 Å². The molecule has 0 radical (unpaired) electrons. The summed E-state index contributed by atoms with van der Waals surface area (Å²) in [6.45, 7) is 3.44. The van der Waals surface area contributed by atoms with Crippen LogP contribution in [0.2, 0.25) is 0 Å². The van der Waals surface area contributed by atoms with E-state index in [0.29, 0.717) is 0 Å². The Morgan fingerprint density at radius 2 is 1.96 bits per heavy atom. The quantitative estimate of drug-likeness (QED) is 0.790. The number of amides is 1. The van der Waals surface area contributed by atoms with Gasteiger partial charge in [0.15, 0.2) is 0 Å². The maximum Gasteiger partial charge on any atom is 0.253 e. The summed E-state index contributed by atoms with van der Waals surface area (Å²) in [5, 5.41) is 1.07. The van der Waals surface area contributed by atoms with Crippen molar-refractivity contribution in [3.05, 3.63) is 54.4 Å². The van der Waals surface area contributed by atoms with Crippen LogP contribution in [0.5, 0.6) is 0 Å². The van der Waals surface area contributed by atoms with Crippen molar-refractivity contribution >= 4 is 16.9 Å². The minimum absolute atomic E-state index is 0.114. The van der Waals surface area contributed by atoms with Crippen molar-refractivity contribution < 1.29 is 4.79 Å². The predicted octanol–water partition coefficient (Wildman–Crippen LogP) is 2.62. The number of nitrogens with one attached hydrogen (secondary N) is 1. The van der Waals surface area contributed by atoms with E-state index in [1.807, 2.05) is 47.5 Å². The number of hydrogen-bond donors (Lipinski definition) is 1. The molecule has 4 rings (SSSR count). The van der Waals surface area contributed by atoms with Crippen LogP contribution in [0.25, 0.3) is 22.2 Å². The largest absolute Gasteiger partial charge is 0.346 e. The van der Waals surface area contributed by atoms with E-state index >= 15 is 0 Å². The number of aromatic amines is 1. The molecule has 1 saturated heterocycles. The average molecular weight is 320 g/mol. The van der Waals surface area contributed by atoms with Gasteiger partial charge in [0, 0.05) is 55.1 Å². The lowest BCUT2D eigenvalue weighted by molar-refractivity contribution is 0.0664. The van der Waals surface area contributed by atoms with Crippen LogP contribution in [0, 0.1) is 0 Å². The highest BCUT2D eigenvalue weighted by atomic mass is 16.2. The first-order chi connectivity index (χ1) is 11.7. The van der Waals surface area contributed by atoms with E-state index in [-0.39, 0.29) is 5.91 Å². The number of piperazine rings is 1. The van der Waals surface area contributed by atoms with Gasteiger partial charge in [-0.1, -0.05) is 12.1 Å². The molecule has 1 amide bonds. The fraction of sp³-hybridized carbons (Fsp3) is 0.263. The fourth-order valence-corrected chi connectivity index (χ4v) is 3.21. The molecule has 5 nitrogen and oxygen atoms in total. The normalized spacial score (nSPS) is 15.8. The van der Waals surface area contributed by atoms with Crippen molar-refractivity contribution in [3.63, 3.8) is 0 Å². The minimum Gasteiger partial charge on any atom is -0.346 e. The van der Waals surface area contributed by atoms with Crippen molar-refractivity contribution in [1.82, 2.24) is 19.8 Å². The van der Waals surface area contributed by atoms with Gasteiger partial charge in [0.2, 0.25) is 0 Å². The van der Waals surface area contributed by atoms with Crippen molar-refractivity contribution in [2.75, 3.05) is 33.2 Å². The van der Waals surface area contributed by atoms with E-state index < -0.39 is 0 Å². The van der Waals surface area contributed by atoms with Crippen LogP contribution in [-0.2, 0) is 0 Å².